The highest BCUT2D eigenvalue weighted by molar-refractivity contribution is 6.06. The number of nitrogens with zero attached hydrogens (tertiary/aromatic N) is 4. The molecule has 0 aliphatic carbocycles. The molecule has 216 valence electrons. The quantitative estimate of drug-likeness (QED) is 0.214. The van der Waals surface area contributed by atoms with E-state index in [1.54, 1.807) is 38.1 Å². The van der Waals surface area contributed by atoms with Gasteiger partial charge in [0.15, 0.2) is 0 Å². The Labute approximate surface area is 233 Å². The number of carbonyl (C=O) groups excluding carboxylic acids is 3. The highest BCUT2D eigenvalue weighted by atomic mass is 19.1. The third-order valence-corrected chi connectivity index (χ3v) is 5.68. The summed E-state index contributed by atoms with van der Waals surface area (Å²) in [7, 11) is 2.88. The maximum atomic E-state index is 14.3. The molecule has 4 heterocycles. The van der Waals surface area contributed by atoms with Crippen LogP contribution in [0.3, 0.4) is 0 Å². The average molecular weight is 571 g/mol. The van der Waals surface area contributed by atoms with Crippen LogP contribution < -0.4 is 9.47 Å². The molecule has 0 spiro atoms. The molecule has 0 fully saturated rings. The fraction of sp³-hybridized carbons (Fsp3) is 0.321. The molecule has 0 aliphatic heterocycles. The van der Waals surface area contributed by atoms with Gasteiger partial charge in [-0.1, -0.05) is 0 Å². The molecular weight excluding hydrogens is 542 g/mol. The molecule has 4 aromatic heterocycles. The van der Waals surface area contributed by atoms with Crippen molar-refractivity contribution in [2.45, 2.75) is 33.1 Å². The number of halogens is 2. The van der Waals surface area contributed by atoms with Crippen molar-refractivity contribution in [1.82, 2.24) is 19.9 Å². The fourth-order valence-corrected chi connectivity index (χ4v) is 3.86. The number of ether oxygens (including phenoxy) is 4. The summed E-state index contributed by atoms with van der Waals surface area (Å²) in [6.45, 7) is 4.84. The maximum absolute atomic E-state index is 14.3. The number of fused-ring (bicyclic) bond motifs is 2. The summed E-state index contributed by atoms with van der Waals surface area (Å²) in [6, 6.07) is 6.42. The molecule has 0 bridgehead atoms. The predicted molar refractivity (Wildman–Crippen MR) is 142 cm³/mol. The van der Waals surface area contributed by atoms with Crippen molar-refractivity contribution >= 4 is 39.8 Å². The average Bonchev–Trinajstić information content (AvgIpc) is 2.96. The lowest BCUT2D eigenvalue weighted by Crippen LogP contribution is -2.24. The molecule has 0 aliphatic rings. The first-order chi connectivity index (χ1) is 19.6. The monoisotopic (exact) mass is 570 g/mol. The van der Waals surface area contributed by atoms with Crippen molar-refractivity contribution in [2.75, 3.05) is 27.4 Å². The van der Waals surface area contributed by atoms with Crippen LogP contribution in [-0.2, 0) is 30.3 Å². The van der Waals surface area contributed by atoms with E-state index in [-0.39, 0.29) is 42.2 Å². The normalized spacial score (nSPS) is 11.3. The van der Waals surface area contributed by atoms with E-state index >= 15 is 0 Å². The van der Waals surface area contributed by atoms with Crippen LogP contribution in [0.15, 0.2) is 36.7 Å². The van der Waals surface area contributed by atoms with Crippen LogP contribution in [0.5, 0.6) is 11.8 Å². The van der Waals surface area contributed by atoms with Gasteiger partial charge < -0.3 is 18.9 Å². The number of esters is 2. The second kappa shape index (κ2) is 14.0. The lowest BCUT2D eigenvalue weighted by Gasteiger charge is -2.15. The summed E-state index contributed by atoms with van der Waals surface area (Å²) in [5.74, 6) is -4.04. The first-order valence-electron chi connectivity index (χ1n) is 12.4. The van der Waals surface area contributed by atoms with Crippen molar-refractivity contribution in [3.63, 3.8) is 0 Å². The first-order valence-corrected chi connectivity index (χ1v) is 12.4. The topological polar surface area (TPSA) is 140 Å². The van der Waals surface area contributed by atoms with Gasteiger partial charge in [-0.2, -0.15) is 0 Å². The van der Waals surface area contributed by atoms with Gasteiger partial charge in [0.2, 0.25) is 11.8 Å². The van der Waals surface area contributed by atoms with E-state index in [4.69, 9.17) is 18.9 Å². The molecule has 0 aromatic carbocycles. The zero-order valence-corrected chi connectivity index (χ0v) is 23.1. The molecule has 0 saturated heterocycles. The highest BCUT2D eigenvalue weighted by Gasteiger charge is 2.32. The first kappa shape index (κ1) is 30.7. The minimum atomic E-state index is -1.38. The Morgan fingerprint density at radius 2 is 1.34 bits per heavy atom. The van der Waals surface area contributed by atoms with Gasteiger partial charge in [-0.3, -0.25) is 24.4 Å². The summed E-state index contributed by atoms with van der Waals surface area (Å²) in [5, 5.41) is 0. The number of methoxy groups -OCH3 is 2. The van der Waals surface area contributed by atoms with E-state index in [2.05, 4.69) is 19.9 Å². The van der Waals surface area contributed by atoms with E-state index < -0.39 is 35.3 Å². The number of carbonyl (C=O) groups is 3. The molecule has 11 nitrogen and oxygen atoms in total. The number of hydrogen-bond acceptors (Lipinski definition) is 11. The lowest BCUT2D eigenvalue weighted by molar-refractivity contribution is -0.147. The molecular formula is C28H28F2N4O7. The van der Waals surface area contributed by atoms with Crippen molar-refractivity contribution in [3.05, 3.63) is 59.4 Å². The molecule has 4 rings (SSSR count). The molecule has 0 N–H and O–H groups in total. The van der Waals surface area contributed by atoms with Crippen LogP contribution in [0, 0.1) is 11.6 Å². The molecule has 0 saturated carbocycles. The summed E-state index contributed by atoms with van der Waals surface area (Å²) >= 11 is 0. The number of hydrogen-bond donors (Lipinski definition) is 0. The summed E-state index contributed by atoms with van der Waals surface area (Å²) in [4.78, 5) is 51.5. The van der Waals surface area contributed by atoms with Gasteiger partial charge in [0.1, 0.15) is 28.9 Å². The number of aromatic nitrogens is 4. The SMILES string of the molecule is CCOC(=O)C(C(C)=O)c1c(F)cnc2ccc(OC)nc12.CCOC(=O)Cc1c(F)cnc2ccc(OC)nc12. The van der Waals surface area contributed by atoms with Gasteiger partial charge in [0.25, 0.3) is 0 Å². The number of pyridine rings is 4. The fourth-order valence-electron chi connectivity index (χ4n) is 3.86. The Morgan fingerprint density at radius 3 is 1.88 bits per heavy atom. The molecule has 0 radical (unpaired) electrons. The van der Waals surface area contributed by atoms with Crippen molar-refractivity contribution < 1.29 is 42.1 Å². The summed E-state index contributed by atoms with van der Waals surface area (Å²) in [6.07, 6.45) is 1.85. The van der Waals surface area contributed by atoms with E-state index in [1.165, 1.54) is 21.1 Å². The van der Waals surface area contributed by atoms with Crippen molar-refractivity contribution in [2.24, 2.45) is 0 Å². The smallest absolute Gasteiger partial charge is 0.321 e. The number of Topliss-reactive ketones (excluding diaryl/α,β-unsaturated/α-hetero) is 1. The minimum absolute atomic E-state index is 0.0873. The summed E-state index contributed by atoms with van der Waals surface area (Å²) in [5.41, 5.74) is 1.30. The van der Waals surface area contributed by atoms with E-state index in [0.29, 0.717) is 22.4 Å². The Morgan fingerprint density at radius 1 is 0.805 bits per heavy atom. The molecule has 13 heteroatoms. The molecule has 0 amide bonds. The largest absolute Gasteiger partial charge is 0.481 e. The van der Waals surface area contributed by atoms with E-state index in [9.17, 15) is 23.2 Å². The lowest BCUT2D eigenvalue weighted by atomic mass is 9.94. The molecule has 4 aromatic rings. The van der Waals surface area contributed by atoms with Crippen LogP contribution in [0.4, 0.5) is 8.78 Å². The molecule has 1 unspecified atom stereocenters. The molecule has 1 atom stereocenters. The second-order valence-electron chi connectivity index (χ2n) is 8.32. The van der Waals surface area contributed by atoms with Crippen molar-refractivity contribution in [1.29, 1.82) is 0 Å². The van der Waals surface area contributed by atoms with Gasteiger partial charge in [-0.25, -0.2) is 18.7 Å². The third kappa shape index (κ3) is 7.24. The third-order valence-electron chi connectivity index (χ3n) is 5.68. The zero-order valence-electron chi connectivity index (χ0n) is 23.1. The Bertz CT molecular complexity index is 1580. The van der Waals surface area contributed by atoms with E-state index in [0.717, 1.165) is 12.4 Å². The van der Waals surface area contributed by atoms with Gasteiger partial charge in [-0.05, 0) is 32.9 Å². The van der Waals surface area contributed by atoms with E-state index in [1.807, 2.05) is 0 Å². The van der Waals surface area contributed by atoms with Gasteiger partial charge >= 0.3 is 11.9 Å². The van der Waals surface area contributed by atoms with Gasteiger partial charge in [-0.15, -0.1) is 0 Å². The minimum Gasteiger partial charge on any atom is -0.481 e. The van der Waals surface area contributed by atoms with Crippen LogP contribution in [0.1, 0.15) is 37.8 Å². The van der Waals surface area contributed by atoms with Crippen molar-refractivity contribution in [3.8, 4) is 11.8 Å². The summed E-state index contributed by atoms with van der Waals surface area (Å²) < 4.78 is 47.8. The van der Waals surface area contributed by atoms with Crippen LogP contribution in [0.25, 0.3) is 22.1 Å². The standard InChI is InChI=1S/C15H15FN2O4.C13H13FN2O3/c1-4-22-15(20)12(8(2)19)13-9(16)7-17-10-5-6-11(21-3)18-14(10)13;1-3-19-12(17)6-8-9(14)7-15-10-4-5-11(18-2)16-13(8)10/h5-7,12H,4H2,1-3H3;4-5,7H,3,6H2,1-2H3. The second-order valence-corrected chi connectivity index (χ2v) is 8.32. The number of ketones is 1. The highest BCUT2D eigenvalue weighted by Crippen LogP contribution is 2.29. The van der Waals surface area contributed by atoms with Crippen LogP contribution in [0.2, 0.25) is 0 Å². The van der Waals surface area contributed by atoms with Gasteiger partial charge in [0, 0.05) is 23.3 Å². The van der Waals surface area contributed by atoms with Gasteiger partial charge in [0.05, 0.1) is 62.8 Å². The Hall–Kier alpha value is -4.81. The Balaban J connectivity index is 0.000000228. The maximum Gasteiger partial charge on any atom is 0.321 e. The number of rotatable bonds is 9. The molecule has 41 heavy (non-hydrogen) atoms. The Kier molecular flexibility index (Phi) is 10.5. The predicted octanol–water partition coefficient (Wildman–Crippen LogP) is 3.90. The zero-order chi connectivity index (χ0) is 30.1. The van der Waals surface area contributed by atoms with Crippen LogP contribution >= 0.6 is 0 Å². The van der Waals surface area contributed by atoms with Crippen LogP contribution in [-0.4, -0.2) is 65.1 Å².